The van der Waals surface area contributed by atoms with Crippen LogP contribution in [0.5, 0.6) is 0 Å². The van der Waals surface area contributed by atoms with E-state index in [4.69, 9.17) is 4.99 Å². The molecule has 4 heteroatoms. The third-order valence-corrected chi connectivity index (χ3v) is 5.09. The maximum atomic E-state index is 4.72. The predicted molar refractivity (Wildman–Crippen MR) is 81.5 cm³/mol. The summed E-state index contributed by atoms with van der Waals surface area (Å²) in [6, 6.07) is 1.39. The molecule has 1 saturated heterocycles. The van der Waals surface area contributed by atoms with E-state index in [0.29, 0.717) is 11.3 Å². The van der Waals surface area contributed by atoms with Crippen molar-refractivity contribution in [3.8, 4) is 0 Å². The van der Waals surface area contributed by atoms with E-state index in [0.717, 1.165) is 24.3 Å². The molecule has 0 aromatic rings. The Bertz CT molecular complexity index is 275. The number of aliphatic imine (C=N–C) groups is 1. The smallest absolute Gasteiger partial charge is 0.157 e. The molecule has 18 heavy (non-hydrogen) atoms. The number of likely N-dealkylation sites (N-methyl/N-ethyl adjacent to an activating group) is 1. The van der Waals surface area contributed by atoms with Crippen molar-refractivity contribution in [1.29, 1.82) is 0 Å². The number of amidine groups is 1. The van der Waals surface area contributed by atoms with Crippen molar-refractivity contribution < 1.29 is 0 Å². The van der Waals surface area contributed by atoms with Crippen molar-refractivity contribution in [2.75, 3.05) is 20.1 Å². The van der Waals surface area contributed by atoms with Crippen LogP contribution in [-0.2, 0) is 0 Å². The van der Waals surface area contributed by atoms with Crippen molar-refractivity contribution in [2.24, 2.45) is 4.99 Å². The first-order chi connectivity index (χ1) is 8.65. The molecule has 0 aromatic heterocycles. The molecule has 3 nitrogen and oxygen atoms in total. The minimum absolute atomic E-state index is 0.576. The van der Waals surface area contributed by atoms with Crippen LogP contribution in [0.3, 0.4) is 0 Å². The van der Waals surface area contributed by atoms with Crippen molar-refractivity contribution in [1.82, 2.24) is 10.2 Å². The number of hydrogen-bond donors (Lipinski definition) is 1. The lowest BCUT2D eigenvalue weighted by molar-refractivity contribution is 0.252. The van der Waals surface area contributed by atoms with Gasteiger partial charge in [-0.05, 0) is 33.2 Å². The molecule has 1 N–H and O–H groups in total. The molecule has 2 rings (SSSR count). The summed E-state index contributed by atoms with van der Waals surface area (Å²) in [6.07, 6.45) is 6.83. The van der Waals surface area contributed by atoms with Crippen molar-refractivity contribution in [3.63, 3.8) is 0 Å². The second kappa shape index (κ2) is 6.80. The Morgan fingerprint density at radius 3 is 2.72 bits per heavy atom. The summed E-state index contributed by atoms with van der Waals surface area (Å²) in [5.41, 5.74) is 0. The summed E-state index contributed by atoms with van der Waals surface area (Å²) < 4.78 is 0. The van der Waals surface area contributed by atoms with E-state index in [2.05, 4.69) is 31.1 Å². The van der Waals surface area contributed by atoms with E-state index in [9.17, 15) is 0 Å². The fourth-order valence-electron chi connectivity index (χ4n) is 2.96. The zero-order valence-corrected chi connectivity index (χ0v) is 12.8. The quantitative estimate of drug-likeness (QED) is 0.850. The lowest BCUT2D eigenvalue weighted by Crippen LogP contribution is -2.39. The van der Waals surface area contributed by atoms with Gasteiger partial charge in [-0.25, -0.2) is 0 Å². The third kappa shape index (κ3) is 4.16. The van der Waals surface area contributed by atoms with Gasteiger partial charge in [-0.15, -0.1) is 0 Å². The van der Waals surface area contributed by atoms with Crippen LogP contribution >= 0.6 is 11.8 Å². The van der Waals surface area contributed by atoms with Gasteiger partial charge in [0, 0.05) is 23.9 Å². The van der Waals surface area contributed by atoms with Gasteiger partial charge in [0.1, 0.15) is 0 Å². The number of hydrogen-bond acceptors (Lipinski definition) is 3. The SMILES string of the molecule is CC1CC(C)SC(=NCCN(C)C2CCCC2)N1. The fraction of sp³-hybridized carbons (Fsp3) is 0.929. The summed E-state index contributed by atoms with van der Waals surface area (Å²) in [5.74, 6) is 0. The molecule has 0 radical (unpaired) electrons. The molecule has 2 fully saturated rings. The number of rotatable bonds is 4. The van der Waals surface area contributed by atoms with Gasteiger partial charge in [0.2, 0.25) is 0 Å². The van der Waals surface area contributed by atoms with Gasteiger partial charge in [0.05, 0.1) is 6.54 Å². The Labute approximate surface area is 116 Å². The number of thioether (sulfide) groups is 1. The third-order valence-electron chi connectivity index (χ3n) is 4.02. The van der Waals surface area contributed by atoms with Crippen LogP contribution in [0.25, 0.3) is 0 Å². The lowest BCUT2D eigenvalue weighted by atomic mass is 10.2. The van der Waals surface area contributed by atoms with Crippen molar-refractivity contribution in [2.45, 2.75) is 63.3 Å². The normalized spacial score (nSPS) is 32.1. The average molecular weight is 269 g/mol. The number of nitrogens with zero attached hydrogens (tertiary/aromatic N) is 2. The second-order valence-electron chi connectivity index (χ2n) is 5.82. The van der Waals surface area contributed by atoms with Gasteiger partial charge in [0.15, 0.2) is 5.17 Å². The molecule has 1 heterocycles. The largest absolute Gasteiger partial charge is 0.362 e. The molecule has 1 saturated carbocycles. The van der Waals surface area contributed by atoms with Crippen LogP contribution in [0.1, 0.15) is 46.0 Å². The first-order valence-electron chi connectivity index (χ1n) is 7.33. The van der Waals surface area contributed by atoms with Crippen LogP contribution in [0.2, 0.25) is 0 Å². The molecular weight excluding hydrogens is 242 g/mol. The highest BCUT2D eigenvalue weighted by molar-refractivity contribution is 8.14. The summed E-state index contributed by atoms with van der Waals surface area (Å²) >= 11 is 1.89. The first-order valence-corrected chi connectivity index (χ1v) is 8.21. The summed E-state index contributed by atoms with van der Waals surface area (Å²) in [5, 5.41) is 5.34. The first kappa shape index (κ1) is 14.2. The highest BCUT2D eigenvalue weighted by Crippen LogP contribution is 2.23. The summed E-state index contributed by atoms with van der Waals surface area (Å²) in [4.78, 5) is 7.22. The van der Waals surface area contributed by atoms with E-state index >= 15 is 0 Å². The molecule has 0 aromatic carbocycles. The van der Waals surface area contributed by atoms with Gasteiger partial charge in [-0.2, -0.15) is 0 Å². The maximum Gasteiger partial charge on any atom is 0.157 e. The van der Waals surface area contributed by atoms with E-state index in [1.807, 2.05) is 11.8 Å². The Morgan fingerprint density at radius 2 is 2.06 bits per heavy atom. The van der Waals surface area contributed by atoms with Gasteiger partial charge in [-0.3, -0.25) is 4.99 Å². The van der Waals surface area contributed by atoms with E-state index < -0.39 is 0 Å². The van der Waals surface area contributed by atoms with Crippen molar-refractivity contribution >= 4 is 16.9 Å². The van der Waals surface area contributed by atoms with Crippen LogP contribution in [0.4, 0.5) is 0 Å². The zero-order valence-electron chi connectivity index (χ0n) is 12.0. The average Bonchev–Trinajstić information content (AvgIpc) is 2.80. The predicted octanol–water partition coefficient (Wildman–Crippen LogP) is 2.72. The summed E-state index contributed by atoms with van der Waals surface area (Å²) in [7, 11) is 2.25. The van der Waals surface area contributed by atoms with E-state index in [1.165, 1.54) is 32.1 Å². The Morgan fingerprint density at radius 1 is 1.33 bits per heavy atom. The highest BCUT2D eigenvalue weighted by Gasteiger charge is 2.20. The van der Waals surface area contributed by atoms with Gasteiger partial charge in [-0.1, -0.05) is 31.5 Å². The molecular formula is C14H27N3S. The molecule has 2 atom stereocenters. The van der Waals surface area contributed by atoms with E-state index in [-0.39, 0.29) is 0 Å². The van der Waals surface area contributed by atoms with Crippen LogP contribution in [0.15, 0.2) is 4.99 Å². The van der Waals surface area contributed by atoms with Gasteiger partial charge in [0.25, 0.3) is 0 Å². The van der Waals surface area contributed by atoms with E-state index in [1.54, 1.807) is 0 Å². The Balaban J connectivity index is 1.72. The molecule has 2 unspecified atom stereocenters. The monoisotopic (exact) mass is 269 g/mol. The highest BCUT2D eigenvalue weighted by atomic mass is 32.2. The zero-order chi connectivity index (χ0) is 13.0. The fourth-order valence-corrected chi connectivity index (χ4v) is 4.16. The minimum atomic E-state index is 0.576. The minimum Gasteiger partial charge on any atom is -0.362 e. The van der Waals surface area contributed by atoms with Crippen molar-refractivity contribution in [3.05, 3.63) is 0 Å². The standard InChI is InChI=1S/C14H27N3S/c1-11-10-12(2)18-14(16-11)15-8-9-17(3)13-6-4-5-7-13/h11-13H,4-10H2,1-3H3,(H,15,16). The Hall–Kier alpha value is -0.220. The van der Waals surface area contributed by atoms with Gasteiger partial charge < -0.3 is 10.2 Å². The Kier molecular flexibility index (Phi) is 5.37. The molecule has 104 valence electrons. The molecule has 0 amide bonds. The second-order valence-corrected chi connectivity index (χ2v) is 7.24. The molecule has 0 spiro atoms. The summed E-state index contributed by atoms with van der Waals surface area (Å²) in [6.45, 7) is 6.57. The molecule has 0 bridgehead atoms. The molecule has 2 aliphatic rings. The van der Waals surface area contributed by atoms with Crippen LogP contribution in [-0.4, -0.2) is 47.5 Å². The van der Waals surface area contributed by atoms with Crippen LogP contribution < -0.4 is 5.32 Å². The topological polar surface area (TPSA) is 27.6 Å². The number of nitrogens with one attached hydrogen (secondary N) is 1. The molecule has 1 aliphatic heterocycles. The lowest BCUT2D eigenvalue weighted by Gasteiger charge is -2.27. The van der Waals surface area contributed by atoms with Crippen LogP contribution in [0, 0.1) is 0 Å². The molecule has 1 aliphatic carbocycles. The maximum absolute atomic E-state index is 4.72. The van der Waals surface area contributed by atoms with Gasteiger partial charge >= 0.3 is 0 Å².